The van der Waals surface area contributed by atoms with Crippen molar-refractivity contribution in [1.82, 2.24) is 25.3 Å². The number of hydrogen-bond acceptors (Lipinski definition) is 5. The molecule has 2 heterocycles. The zero-order chi connectivity index (χ0) is 16.9. The third-order valence-corrected chi connectivity index (χ3v) is 5.06. The molecule has 2 aromatic heterocycles. The van der Waals surface area contributed by atoms with Crippen molar-refractivity contribution >= 4 is 5.95 Å². The largest absolute Gasteiger partial charge is 0.347 e. The minimum Gasteiger partial charge on any atom is -0.347 e. The molecular weight excluding hydrogens is 300 g/mol. The molecule has 1 aliphatic rings. The highest BCUT2D eigenvalue weighted by Gasteiger charge is 2.21. The van der Waals surface area contributed by atoms with Crippen molar-refractivity contribution in [1.29, 1.82) is 0 Å². The van der Waals surface area contributed by atoms with Crippen molar-refractivity contribution < 1.29 is 0 Å². The summed E-state index contributed by atoms with van der Waals surface area (Å²) in [6.45, 7) is 4.97. The van der Waals surface area contributed by atoms with Crippen molar-refractivity contribution in [3.8, 4) is 0 Å². The third-order valence-electron chi connectivity index (χ3n) is 5.06. The van der Waals surface area contributed by atoms with Gasteiger partial charge in [0, 0.05) is 55.0 Å². The lowest BCUT2D eigenvalue weighted by molar-refractivity contribution is 0.423. The molecule has 1 saturated carbocycles. The highest BCUT2D eigenvalue weighted by Crippen LogP contribution is 2.25. The number of nitrogens with zero attached hydrogens (tertiary/aromatic N) is 4. The molecule has 3 rings (SSSR count). The van der Waals surface area contributed by atoms with E-state index < -0.39 is 0 Å². The van der Waals surface area contributed by atoms with E-state index in [4.69, 9.17) is 4.98 Å². The SMILES string of the molecule is Cc1nc(N(C)C2CCCCC2)ncc1C(C)NCc1cnc[nH]1. The van der Waals surface area contributed by atoms with Crippen LogP contribution in [0.1, 0.15) is 62.0 Å². The van der Waals surface area contributed by atoms with Crippen molar-refractivity contribution in [3.63, 3.8) is 0 Å². The standard InChI is InChI=1S/C18H28N6/c1-13(20-10-15-9-19-12-22-15)17-11-21-18(23-14(17)2)24(3)16-7-5-4-6-8-16/h9,11-13,16,20H,4-8,10H2,1-3H3,(H,19,22). The van der Waals surface area contributed by atoms with Crippen molar-refractivity contribution in [3.05, 3.63) is 35.7 Å². The fourth-order valence-electron chi connectivity index (χ4n) is 3.45. The van der Waals surface area contributed by atoms with Crippen LogP contribution in [0.5, 0.6) is 0 Å². The second kappa shape index (κ2) is 7.75. The summed E-state index contributed by atoms with van der Waals surface area (Å²) in [5.41, 5.74) is 3.27. The number of aromatic amines is 1. The van der Waals surface area contributed by atoms with Gasteiger partial charge >= 0.3 is 0 Å². The monoisotopic (exact) mass is 328 g/mol. The molecule has 0 bridgehead atoms. The number of rotatable bonds is 6. The molecule has 6 heteroatoms. The van der Waals surface area contributed by atoms with Crippen LogP contribution in [0.4, 0.5) is 5.95 Å². The van der Waals surface area contributed by atoms with E-state index in [2.05, 4.69) is 46.1 Å². The molecule has 0 amide bonds. The van der Waals surface area contributed by atoms with Gasteiger partial charge in [-0.05, 0) is 26.7 Å². The van der Waals surface area contributed by atoms with E-state index in [-0.39, 0.29) is 6.04 Å². The lowest BCUT2D eigenvalue weighted by atomic mass is 9.95. The summed E-state index contributed by atoms with van der Waals surface area (Å²) in [6, 6.07) is 0.780. The van der Waals surface area contributed by atoms with Crippen LogP contribution in [0.25, 0.3) is 0 Å². The van der Waals surface area contributed by atoms with Crippen LogP contribution in [0.2, 0.25) is 0 Å². The Balaban J connectivity index is 1.65. The predicted octanol–water partition coefficient (Wildman–Crippen LogP) is 3.13. The fourth-order valence-corrected chi connectivity index (χ4v) is 3.45. The first-order chi connectivity index (χ1) is 11.6. The van der Waals surface area contributed by atoms with Crippen LogP contribution < -0.4 is 10.2 Å². The predicted molar refractivity (Wildman–Crippen MR) is 95.9 cm³/mol. The summed E-state index contributed by atoms with van der Waals surface area (Å²) in [5.74, 6) is 0.851. The Morgan fingerprint density at radius 2 is 2.08 bits per heavy atom. The lowest BCUT2D eigenvalue weighted by Crippen LogP contribution is -2.34. The summed E-state index contributed by atoms with van der Waals surface area (Å²) < 4.78 is 0. The molecule has 24 heavy (non-hydrogen) atoms. The Hall–Kier alpha value is -1.95. The van der Waals surface area contributed by atoms with E-state index in [0.717, 1.165) is 29.4 Å². The molecule has 6 nitrogen and oxygen atoms in total. The molecule has 1 fully saturated rings. The van der Waals surface area contributed by atoms with Gasteiger partial charge < -0.3 is 15.2 Å². The maximum Gasteiger partial charge on any atom is 0.225 e. The van der Waals surface area contributed by atoms with E-state index in [1.165, 1.54) is 32.1 Å². The second-order valence-corrected chi connectivity index (χ2v) is 6.79. The Kier molecular flexibility index (Phi) is 5.45. The molecule has 0 aromatic carbocycles. The highest BCUT2D eigenvalue weighted by molar-refractivity contribution is 5.34. The van der Waals surface area contributed by atoms with Crippen LogP contribution in [-0.2, 0) is 6.54 Å². The molecule has 1 unspecified atom stereocenters. The number of aryl methyl sites for hydroxylation is 1. The zero-order valence-corrected chi connectivity index (χ0v) is 14.9. The van der Waals surface area contributed by atoms with Crippen LogP contribution >= 0.6 is 0 Å². The highest BCUT2D eigenvalue weighted by atomic mass is 15.3. The van der Waals surface area contributed by atoms with Crippen molar-refractivity contribution in [2.24, 2.45) is 0 Å². The van der Waals surface area contributed by atoms with Crippen LogP contribution in [0.15, 0.2) is 18.7 Å². The Labute approximate surface area is 144 Å². The summed E-state index contributed by atoms with van der Waals surface area (Å²) >= 11 is 0. The average molecular weight is 328 g/mol. The topological polar surface area (TPSA) is 69.7 Å². The summed E-state index contributed by atoms with van der Waals surface area (Å²) in [4.78, 5) is 18.8. The molecule has 0 spiro atoms. The second-order valence-electron chi connectivity index (χ2n) is 6.79. The van der Waals surface area contributed by atoms with E-state index in [1.54, 1.807) is 6.33 Å². The minimum absolute atomic E-state index is 0.197. The third kappa shape index (κ3) is 3.93. The number of nitrogens with one attached hydrogen (secondary N) is 2. The Morgan fingerprint density at radius 3 is 2.75 bits per heavy atom. The van der Waals surface area contributed by atoms with E-state index >= 15 is 0 Å². The molecule has 1 atom stereocenters. The molecular formula is C18H28N6. The van der Waals surface area contributed by atoms with Gasteiger partial charge in [0.2, 0.25) is 5.95 Å². The maximum absolute atomic E-state index is 4.77. The molecule has 130 valence electrons. The average Bonchev–Trinajstić information content (AvgIpc) is 3.13. The Bertz CT molecular complexity index is 633. The Morgan fingerprint density at radius 1 is 1.29 bits per heavy atom. The summed E-state index contributed by atoms with van der Waals surface area (Å²) in [5, 5.41) is 3.49. The van der Waals surface area contributed by atoms with Gasteiger partial charge in [-0.15, -0.1) is 0 Å². The van der Waals surface area contributed by atoms with Crippen molar-refractivity contribution in [2.45, 2.75) is 64.6 Å². The van der Waals surface area contributed by atoms with Gasteiger partial charge in [0.15, 0.2) is 0 Å². The number of H-pyrrole nitrogens is 1. The molecule has 2 aromatic rings. The molecule has 0 radical (unpaired) electrons. The molecule has 1 aliphatic carbocycles. The van der Waals surface area contributed by atoms with Gasteiger partial charge in [-0.3, -0.25) is 0 Å². The lowest BCUT2D eigenvalue weighted by Gasteiger charge is -2.31. The van der Waals surface area contributed by atoms with Gasteiger partial charge in [0.05, 0.1) is 6.33 Å². The number of hydrogen-bond donors (Lipinski definition) is 2. The van der Waals surface area contributed by atoms with Gasteiger partial charge in [-0.1, -0.05) is 19.3 Å². The first-order valence-corrected chi connectivity index (χ1v) is 8.92. The quantitative estimate of drug-likeness (QED) is 0.852. The molecule has 0 saturated heterocycles. The normalized spacial score (nSPS) is 17.0. The molecule has 0 aliphatic heterocycles. The van der Waals surface area contributed by atoms with E-state index in [0.29, 0.717) is 6.04 Å². The summed E-state index contributed by atoms with van der Waals surface area (Å²) in [7, 11) is 2.13. The number of aromatic nitrogens is 4. The molecule has 2 N–H and O–H groups in total. The van der Waals surface area contributed by atoms with Crippen LogP contribution in [-0.4, -0.2) is 33.0 Å². The summed E-state index contributed by atoms with van der Waals surface area (Å²) in [6.07, 6.45) is 12.0. The van der Waals surface area contributed by atoms with Gasteiger partial charge in [-0.25, -0.2) is 15.0 Å². The first-order valence-electron chi connectivity index (χ1n) is 8.92. The minimum atomic E-state index is 0.197. The number of imidazole rings is 1. The zero-order valence-electron chi connectivity index (χ0n) is 14.9. The van der Waals surface area contributed by atoms with E-state index in [1.807, 2.05) is 12.4 Å². The smallest absolute Gasteiger partial charge is 0.225 e. The van der Waals surface area contributed by atoms with Crippen molar-refractivity contribution in [2.75, 3.05) is 11.9 Å². The van der Waals surface area contributed by atoms with Gasteiger partial charge in [-0.2, -0.15) is 0 Å². The van der Waals surface area contributed by atoms with Gasteiger partial charge in [0.1, 0.15) is 0 Å². The van der Waals surface area contributed by atoms with Gasteiger partial charge in [0.25, 0.3) is 0 Å². The van der Waals surface area contributed by atoms with E-state index in [9.17, 15) is 0 Å². The first kappa shape index (κ1) is 16.9. The maximum atomic E-state index is 4.77. The van der Waals surface area contributed by atoms with Crippen LogP contribution in [0, 0.1) is 6.92 Å². The fraction of sp³-hybridized carbons (Fsp3) is 0.611. The number of anilines is 1. The van der Waals surface area contributed by atoms with Crippen LogP contribution in [0.3, 0.4) is 0 Å².